The van der Waals surface area contributed by atoms with Crippen molar-refractivity contribution >= 4 is 33.8 Å². The SMILES string of the molecule is CCC(C)C/C=C/C(NP(=O)(c1ccccc1)c1ccccc1)c1ccc(Br)cc1. The average Bonchev–Trinajstić information content (AvgIpc) is 2.80. The third-order valence-corrected chi connectivity index (χ3v) is 8.57. The monoisotopic (exact) mass is 481 g/mol. The lowest BCUT2D eigenvalue weighted by Crippen LogP contribution is -2.30. The zero-order valence-electron chi connectivity index (χ0n) is 17.5. The lowest BCUT2D eigenvalue weighted by atomic mass is 10.0. The molecular formula is C26H29BrNOP. The van der Waals surface area contributed by atoms with E-state index in [4.69, 9.17) is 0 Å². The molecule has 156 valence electrons. The van der Waals surface area contributed by atoms with Gasteiger partial charge >= 0.3 is 0 Å². The minimum atomic E-state index is -3.04. The highest BCUT2D eigenvalue weighted by Crippen LogP contribution is 2.42. The molecule has 30 heavy (non-hydrogen) atoms. The molecule has 0 spiro atoms. The van der Waals surface area contributed by atoms with Crippen molar-refractivity contribution in [1.82, 2.24) is 5.09 Å². The molecule has 0 aliphatic carbocycles. The minimum Gasteiger partial charge on any atom is -0.296 e. The van der Waals surface area contributed by atoms with Crippen molar-refractivity contribution in [3.63, 3.8) is 0 Å². The third kappa shape index (κ3) is 5.82. The average molecular weight is 482 g/mol. The smallest absolute Gasteiger partial charge is 0.205 e. The minimum absolute atomic E-state index is 0.159. The molecule has 3 aromatic rings. The normalized spacial score (nSPS) is 14.0. The number of nitrogens with one attached hydrogen (secondary N) is 1. The van der Waals surface area contributed by atoms with E-state index in [1.807, 2.05) is 72.8 Å². The van der Waals surface area contributed by atoms with Crippen molar-refractivity contribution in [2.24, 2.45) is 5.92 Å². The molecular weight excluding hydrogens is 453 g/mol. The molecule has 0 saturated heterocycles. The van der Waals surface area contributed by atoms with E-state index < -0.39 is 7.29 Å². The van der Waals surface area contributed by atoms with E-state index >= 15 is 0 Å². The predicted octanol–water partition coefficient (Wildman–Crippen LogP) is 7.00. The Morgan fingerprint density at radius 1 is 0.900 bits per heavy atom. The predicted molar refractivity (Wildman–Crippen MR) is 133 cm³/mol. The van der Waals surface area contributed by atoms with Crippen LogP contribution in [0.25, 0.3) is 0 Å². The molecule has 0 heterocycles. The molecule has 0 radical (unpaired) electrons. The van der Waals surface area contributed by atoms with Gasteiger partial charge in [0.25, 0.3) is 0 Å². The second kappa shape index (κ2) is 10.9. The number of allylic oxidation sites excluding steroid dienone is 1. The standard InChI is InChI=1S/C26H29BrNOP/c1-3-21(2)11-10-16-26(22-17-19-23(27)20-18-22)28-30(29,24-12-6-4-7-13-24)25-14-8-5-9-15-25/h4-10,12-21,26H,3,11H2,1-2H3,(H,28,29)/b16-10+. The van der Waals surface area contributed by atoms with Crippen LogP contribution in [-0.2, 0) is 4.57 Å². The maximum atomic E-state index is 14.5. The summed E-state index contributed by atoms with van der Waals surface area (Å²) in [6.45, 7) is 4.47. The van der Waals surface area contributed by atoms with E-state index in [2.05, 4.69) is 59.1 Å². The quantitative estimate of drug-likeness (QED) is 0.263. The first-order chi connectivity index (χ1) is 14.5. The van der Waals surface area contributed by atoms with Crippen LogP contribution >= 0.6 is 23.2 Å². The molecule has 0 aromatic heterocycles. The van der Waals surface area contributed by atoms with E-state index in [9.17, 15) is 4.57 Å². The van der Waals surface area contributed by atoms with E-state index in [1.54, 1.807) is 0 Å². The van der Waals surface area contributed by atoms with Crippen LogP contribution in [0.3, 0.4) is 0 Å². The highest BCUT2D eigenvalue weighted by atomic mass is 79.9. The van der Waals surface area contributed by atoms with Crippen LogP contribution in [-0.4, -0.2) is 0 Å². The van der Waals surface area contributed by atoms with Crippen LogP contribution in [0.1, 0.15) is 38.3 Å². The van der Waals surface area contributed by atoms with Gasteiger partial charge in [0.1, 0.15) is 0 Å². The molecule has 0 bridgehead atoms. The summed E-state index contributed by atoms with van der Waals surface area (Å²) in [4.78, 5) is 0. The summed E-state index contributed by atoms with van der Waals surface area (Å²) in [6.07, 6.45) is 6.53. The summed E-state index contributed by atoms with van der Waals surface area (Å²) in [5.41, 5.74) is 1.09. The molecule has 0 aliphatic heterocycles. The Labute approximate surface area is 189 Å². The molecule has 2 atom stereocenters. The molecule has 2 nitrogen and oxygen atoms in total. The highest BCUT2D eigenvalue weighted by molar-refractivity contribution is 9.10. The summed E-state index contributed by atoms with van der Waals surface area (Å²) >= 11 is 3.52. The second-order valence-corrected chi connectivity index (χ2v) is 11.0. The Kier molecular flexibility index (Phi) is 8.27. The second-order valence-electron chi connectivity index (χ2n) is 7.62. The van der Waals surface area contributed by atoms with Crippen molar-refractivity contribution in [3.8, 4) is 0 Å². The Morgan fingerprint density at radius 2 is 1.43 bits per heavy atom. The van der Waals surface area contributed by atoms with E-state index in [-0.39, 0.29) is 6.04 Å². The summed E-state index contributed by atoms with van der Waals surface area (Å²) in [7, 11) is -3.04. The van der Waals surface area contributed by atoms with Gasteiger partial charge in [-0.2, -0.15) is 0 Å². The molecule has 0 fully saturated rings. The number of benzene rings is 3. The number of hydrogen-bond acceptors (Lipinski definition) is 1. The van der Waals surface area contributed by atoms with Crippen LogP contribution < -0.4 is 15.7 Å². The van der Waals surface area contributed by atoms with Crippen molar-refractivity contribution in [2.45, 2.75) is 32.7 Å². The van der Waals surface area contributed by atoms with Crippen molar-refractivity contribution < 1.29 is 4.57 Å². The Morgan fingerprint density at radius 3 is 1.93 bits per heavy atom. The van der Waals surface area contributed by atoms with Crippen LogP contribution in [0.2, 0.25) is 0 Å². The van der Waals surface area contributed by atoms with Crippen LogP contribution in [0.4, 0.5) is 0 Å². The maximum absolute atomic E-state index is 14.5. The van der Waals surface area contributed by atoms with E-state index in [1.165, 1.54) is 0 Å². The summed E-state index contributed by atoms with van der Waals surface area (Å²) < 4.78 is 15.5. The summed E-state index contributed by atoms with van der Waals surface area (Å²) in [6, 6.07) is 27.5. The molecule has 0 amide bonds. The van der Waals surface area contributed by atoms with Crippen molar-refractivity contribution in [2.75, 3.05) is 0 Å². The van der Waals surface area contributed by atoms with Gasteiger partial charge in [-0.05, 0) is 54.3 Å². The molecule has 3 aromatic carbocycles. The highest BCUT2D eigenvalue weighted by Gasteiger charge is 2.29. The largest absolute Gasteiger partial charge is 0.296 e. The van der Waals surface area contributed by atoms with E-state index in [0.717, 1.165) is 33.5 Å². The zero-order chi connectivity index (χ0) is 21.4. The van der Waals surface area contributed by atoms with Crippen LogP contribution in [0.15, 0.2) is 102 Å². The molecule has 0 aliphatic rings. The van der Waals surface area contributed by atoms with Crippen molar-refractivity contribution in [1.29, 1.82) is 0 Å². The summed E-state index contributed by atoms with van der Waals surface area (Å²) in [5, 5.41) is 5.17. The third-order valence-electron chi connectivity index (χ3n) is 5.35. The first-order valence-electron chi connectivity index (χ1n) is 10.4. The fourth-order valence-electron chi connectivity index (χ4n) is 3.28. The van der Waals surface area contributed by atoms with Gasteiger partial charge in [-0.3, -0.25) is 4.57 Å². The summed E-state index contributed by atoms with van der Waals surface area (Å²) in [5.74, 6) is 0.627. The number of halogens is 1. The zero-order valence-corrected chi connectivity index (χ0v) is 20.0. The van der Waals surface area contributed by atoms with E-state index in [0.29, 0.717) is 5.92 Å². The van der Waals surface area contributed by atoms with Gasteiger partial charge in [0, 0.05) is 15.1 Å². The van der Waals surface area contributed by atoms with Crippen LogP contribution in [0.5, 0.6) is 0 Å². The fraction of sp³-hybridized carbons (Fsp3) is 0.231. The van der Waals surface area contributed by atoms with Gasteiger partial charge in [-0.15, -0.1) is 0 Å². The first-order valence-corrected chi connectivity index (χ1v) is 12.9. The molecule has 3 rings (SSSR count). The van der Waals surface area contributed by atoms with Crippen LogP contribution in [0, 0.1) is 5.92 Å². The van der Waals surface area contributed by atoms with Crippen molar-refractivity contribution in [3.05, 3.63) is 107 Å². The Hall–Kier alpha value is -1.93. The lowest BCUT2D eigenvalue weighted by Gasteiger charge is -2.26. The number of rotatable bonds is 9. The molecule has 4 heteroatoms. The van der Waals surface area contributed by atoms with Gasteiger partial charge in [-0.25, -0.2) is 5.09 Å². The molecule has 1 N–H and O–H groups in total. The van der Waals surface area contributed by atoms with Gasteiger partial charge < -0.3 is 0 Å². The molecule has 2 unspecified atom stereocenters. The first kappa shape index (κ1) is 22.7. The number of hydrogen-bond donors (Lipinski definition) is 1. The maximum Gasteiger partial charge on any atom is 0.205 e. The van der Waals surface area contributed by atoms with Gasteiger partial charge in [0.05, 0.1) is 6.04 Å². The Balaban J connectivity index is 2.02. The topological polar surface area (TPSA) is 29.1 Å². The van der Waals surface area contributed by atoms with Gasteiger partial charge in [0.2, 0.25) is 7.29 Å². The molecule has 0 saturated carbocycles. The Bertz CT molecular complexity index is 943. The van der Waals surface area contributed by atoms with Gasteiger partial charge in [-0.1, -0.05) is 96.9 Å². The fourth-order valence-corrected chi connectivity index (χ4v) is 5.95. The lowest BCUT2D eigenvalue weighted by molar-refractivity contribution is 0.566. The van der Waals surface area contributed by atoms with Gasteiger partial charge in [0.15, 0.2) is 0 Å².